The highest BCUT2D eigenvalue weighted by Gasteiger charge is 2.24. The minimum absolute atomic E-state index is 0.0326. The van der Waals surface area contributed by atoms with Crippen LogP contribution in [0.1, 0.15) is 6.92 Å². The SMILES string of the molecule is COc1ncc(-c2ccc3nccc(N4CCN(C(=O)C=CC(C)=O)CC4)c3c2)cc1NS(=O)(=O)c1ccc(F)cc1F. The molecule has 0 aliphatic carbocycles. The summed E-state index contributed by atoms with van der Waals surface area (Å²) in [5.41, 5.74) is 2.86. The van der Waals surface area contributed by atoms with Crippen LogP contribution >= 0.6 is 0 Å². The van der Waals surface area contributed by atoms with E-state index in [-0.39, 0.29) is 23.3 Å². The van der Waals surface area contributed by atoms with Crippen LogP contribution in [0.3, 0.4) is 0 Å². The lowest BCUT2D eigenvalue weighted by Gasteiger charge is -2.36. The fourth-order valence-corrected chi connectivity index (χ4v) is 5.90. The van der Waals surface area contributed by atoms with Crippen LogP contribution in [0.5, 0.6) is 5.88 Å². The Morgan fingerprint density at radius 2 is 1.72 bits per heavy atom. The second-order valence-electron chi connectivity index (χ2n) is 9.78. The van der Waals surface area contributed by atoms with Crippen molar-refractivity contribution in [2.45, 2.75) is 11.8 Å². The molecule has 1 saturated heterocycles. The van der Waals surface area contributed by atoms with Gasteiger partial charge in [0.1, 0.15) is 22.2 Å². The summed E-state index contributed by atoms with van der Waals surface area (Å²) < 4.78 is 61.1. The molecule has 1 amide bonds. The fourth-order valence-electron chi connectivity index (χ4n) is 4.79. The number of pyridine rings is 2. The average Bonchev–Trinajstić information content (AvgIpc) is 2.99. The van der Waals surface area contributed by atoms with E-state index in [0.29, 0.717) is 43.4 Å². The lowest BCUT2D eigenvalue weighted by molar-refractivity contribution is -0.126. The van der Waals surface area contributed by atoms with Gasteiger partial charge in [0.15, 0.2) is 5.78 Å². The van der Waals surface area contributed by atoms with Gasteiger partial charge in [-0.15, -0.1) is 0 Å². The number of carbonyl (C=O) groups is 2. The summed E-state index contributed by atoms with van der Waals surface area (Å²) in [7, 11) is -3.13. The van der Waals surface area contributed by atoms with Gasteiger partial charge < -0.3 is 14.5 Å². The second-order valence-corrected chi connectivity index (χ2v) is 11.4. The Bertz CT molecular complexity index is 1860. The van der Waals surface area contributed by atoms with E-state index in [1.54, 1.807) is 11.1 Å². The first-order chi connectivity index (χ1) is 20.6. The van der Waals surface area contributed by atoms with Gasteiger partial charge >= 0.3 is 0 Å². The highest BCUT2D eigenvalue weighted by Crippen LogP contribution is 2.34. The Hall–Kier alpha value is -4.91. The lowest BCUT2D eigenvalue weighted by Crippen LogP contribution is -2.48. The number of halogens is 2. The summed E-state index contributed by atoms with van der Waals surface area (Å²) in [4.78, 5) is 35.4. The summed E-state index contributed by atoms with van der Waals surface area (Å²) in [5, 5.41) is 0.836. The molecule has 0 saturated carbocycles. The minimum atomic E-state index is -4.44. The topological polar surface area (TPSA) is 122 Å². The molecule has 1 aliphatic heterocycles. The van der Waals surface area contributed by atoms with E-state index in [0.717, 1.165) is 28.7 Å². The third kappa shape index (κ3) is 6.46. The molecule has 2 aromatic carbocycles. The molecule has 0 radical (unpaired) electrons. The molecule has 4 aromatic rings. The molecule has 0 unspecified atom stereocenters. The molecular formula is C30H27F2N5O5S. The number of ketones is 1. The van der Waals surface area contributed by atoms with E-state index >= 15 is 0 Å². The van der Waals surface area contributed by atoms with E-state index in [2.05, 4.69) is 19.6 Å². The number of rotatable bonds is 8. The monoisotopic (exact) mass is 607 g/mol. The smallest absolute Gasteiger partial charge is 0.264 e. The maximum Gasteiger partial charge on any atom is 0.264 e. The van der Waals surface area contributed by atoms with Crippen LogP contribution < -0.4 is 14.4 Å². The van der Waals surface area contributed by atoms with Crippen molar-refractivity contribution in [1.29, 1.82) is 0 Å². The van der Waals surface area contributed by atoms with Crippen molar-refractivity contribution in [3.8, 4) is 17.0 Å². The van der Waals surface area contributed by atoms with E-state index in [9.17, 15) is 26.8 Å². The maximum absolute atomic E-state index is 14.3. The van der Waals surface area contributed by atoms with Crippen molar-refractivity contribution in [2.24, 2.45) is 0 Å². The fraction of sp³-hybridized carbons (Fsp3) is 0.200. The normalized spacial score (nSPS) is 13.9. The second kappa shape index (κ2) is 12.1. The number of nitrogens with one attached hydrogen (secondary N) is 1. The number of fused-ring (bicyclic) bond motifs is 1. The summed E-state index contributed by atoms with van der Waals surface area (Å²) in [5.74, 6) is -2.58. The quantitative estimate of drug-likeness (QED) is 0.296. The lowest BCUT2D eigenvalue weighted by atomic mass is 10.0. The Morgan fingerprint density at radius 3 is 2.42 bits per heavy atom. The average molecular weight is 608 g/mol. The number of benzene rings is 2. The number of hydrogen-bond donors (Lipinski definition) is 1. The van der Waals surface area contributed by atoms with Gasteiger partial charge in [0.25, 0.3) is 10.0 Å². The number of sulfonamides is 1. The predicted octanol–water partition coefficient (Wildman–Crippen LogP) is 4.18. The van der Waals surface area contributed by atoms with Crippen molar-refractivity contribution in [2.75, 3.05) is 42.9 Å². The molecule has 0 spiro atoms. The number of piperazine rings is 1. The van der Waals surface area contributed by atoms with Crippen molar-refractivity contribution >= 4 is 44.0 Å². The molecule has 2 aromatic heterocycles. The molecular weight excluding hydrogens is 580 g/mol. The van der Waals surface area contributed by atoms with Crippen LogP contribution in [0.2, 0.25) is 0 Å². The van der Waals surface area contributed by atoms with Crippen LogP contribution in [-0.4, -0.2) is 68.3 Å². The zero-order valence-corrected chi connectivity index (χ0v) is 24.1. The summed E-state index contributed by atoms with van der Waals surface area (Å²) >= 11 is 0. The predicted molar refractivity (Wildman–Crippen MR) is 157 cm³/mol. The highest BCUT2D eigenvalue weighted by atomic mass is 32.2. The van der Waals surface area contributed by atoms with Crippen molar-refractivity contribution in [3.05, 3.63) is 84.7 Å². The van der Waals surface area contributed by atoms with Gasteiger partial charge in [-0.05, 0) is 55.0 Å². The Kier molecular flexibility index (Phi) is 8.35. The number of ether oxygens (including phenoxy) is 1. The number of nitrogens with zero attached hydrogens (tertiary/aromatic N) is 4. The maximum atomic E-state index is 14.3. The Balaban J connectivity index is 1.43. The van der Waals surface area contributed by atoms with Gasteiger partial charge in [-0.25, -0.2) is 22.2 Å². The van der Waals surface area contributed by atoms with Crippen molar-refractivity contribution < 1.29 is 31.5 Å². The molecule has 3 heterocycles. The number of allylic oxidation sites excluding steroid dienone is 1. The third-order valence-corrected chi connectivity index (χ3v) is 8.32. The first-order valence-electron chi connectivity index (χ1n) is 13.2. The molecule has 1 N–H and O–H groups in total. The van der Waals surface area contributed by atoms with Gasteiger partial charge in [-0.3, -0.25) is 19.3 Å². The number of aromatic nitrogens is 2. The van der Waals surface area contributed by atoms with E-state index in [1.807, 2.05) is 24.3 Å². The first-order valence-corrected chi connectivity index (χ1v) is 14.7. The summed E-state index contributed by atoms with van der Waals surface area (Å²) in [6.07, 6.45) is 5.78. The molecule has 1 fully saturated rings. The zero-order chi connectivity index (χ0) is 30.7. The van der Waals surface area contributed by atoms with Crippen LogP contribution in [0.15, 0.2) is 78.0 Å². The van der Waals surface area contributed by atoms with Gasteiger partial charge in [-0.2, -0.15) is 0 Å². The van der Waals surface area contributed by atoms with Gasteiger partial charge in [0.2, 0.25) is 11.8 Å². The van der Waals surface area contributed by atoms with Gasteiger partial charge in [-0.1, -0.05) is 6.07 Å². The summed E-state index contributed by atoms with van der Waals surface area (Å²) in [6.45, 7) is 3.48. The molecule has 1 aliphatic rings. The van der Waals surface area contributed by atoms with Crippen LogP contribution in [0, 0.1) is 11.6 Å². The minimum Gasteiger partial charge on any atom is -0.480 e. The molecule has 0 atom stereocenters. The Labute approximate surface area is 246 Å². The standard InChI is InChI=1S/C30H27F2N5O5S/c1-19(38)3-8-29(39)37-13-11-36(12-14-37)27-9-10-33-25-6-4-20(15-23(25)27)21-16-26(30(42-2)34-18-21)35-43(40,41)28-7-5-22(31)17-24(28)32/h3-10,15-18,35H,11-14H2,1-2H3. The largest absolute Gasteiger partial charge is 0.480 e. The highest BCUT2D eigenvalue weighted by molar-refractivity contribution is 7.92. The molecule has 0 bridgehead atoms. The van der Waals surface area contributed by atoms with E-state index < -0.39 is 26.6 Å². The van der Waals surface area contributed by atoms with Crippen LogP contribution in [0.4, 0.5) is 20.2 Å². The Morgan fingerprint density at radius 1 is 0.953 bits per heavy atom. The van der Waals surface area contributed by atoms with E-state index in [1.165, 1.54) is 38.4 Å². The number of methoxy groups -OCH3 is 1. The van der Waals surface area contributed by atoms with Crippen molar-refractivity contribution in [1.82, 2.24) is 14.9 Å². The number of amides is 1. The third-order valence-electron chi connectivity index (χ3n) is 6.92. The van der Waals surface area contributed by atoms with Crippen LogP contribution in [0.25, 0.3) is 22.0 Å². The zero-order valence-electron chi connectivity index (χ0n) is 23.3. The first kappa shape index (κ1) is 29.6. The number of anilines is 2. The van der Waals surface area contributed by atoms with Crippen molar-refractivity contribution in [3.63, 3.8) is 0 Å². The summed E-state index contributed by atoms with van der Waals surface area (Å²) in [6, 6.07) is 11.2. The van der Waals surface area contributed by atoms with Gasteiger partial charge in [0.05, 0.1) is 12.6 Å². The van der Waals surface area contributed by atoms with Crippen LogP contribution in [-0.2, 0) is 19.6 Å². The molecule has 222 valence electrons. The molecule has 13 heteroatoms. The molecule has 10 nitrogen and oxygen atoms in total. The number of carbonyl (C=O) groups excluding carboxylic acids is 2. The molecule has 43 heavy (non-hydrogen) atoms. The number of hydrogen-bond acceptors (Lipinski definition) is 8. The van der Waals surface area contributed by atoms with E-state index in [4.69, 9.17) is 4.74 Å². The molecule has 5 rings (SSSR count). The van der Waals surface area contributed by atoms with Gasteiger partial charge in [0, 0.05) is 67.4 Å².